The number of ether oxygens (including phenoxy) is 2. The lowest BCUT2D eigenvalue weighted by atomic mass is 10.0. The highest BCUT2D eigenvalue weighted by molar-refractivity contribution is 5.86. The van der Waals surface area contributed by atoms with Crippen molar-refractivity contribution >= 4 is 22.7 Å². The Morgan fingerprint density at radius 3 is 2.50 bits per heavy atom. The number of aryl methyl sites for hydroxylation is 2. The van der Waals surface area contributed by atoms with Gasteiger partial charge in [-0.3, -0.25) is 9.59 Å². The van der Waals surface area contributed by atoms with Crippen LogP contribution < -0.4 is 10.4 Å². The Kier molecular flexibility index (Phi) is 6.18. The molecule has 1 unspecified atom stereocenters. The Balaban J connectivity index is 2.41. The zero-order valence-corrected chi connectivity index (χ0v) is 15.8. The highest BCUT2D eigenvalue weighted by Crippen LogP contribution is 2.30. The van der Waals surface area contributed by atoms with Gasteiger partial charge in [-0.2, -0.15) is 0 Å². The van der Waals surface area contributed by atoms with Crippen molar-refractivity contribution in [3.05, 3.63) is 39.2 Å². The second-order valence-corrected chi connectivity index (χ2v) is 6.23. The van der Waals surface area contributed by atoms with Gasteiger partial charge >= 0.3 is 11.6 Å². The summed E-state index contributed by atoms with van der Waals surface area (Å²) in [6.07, 6.45) is -0.189. The van der Waals surface area contributed by atoms with Crippen LogP contribution in [0.25, 0.3) is 11.0 Å². The van der Waals surface area contributed by atoms with Crippen molar-refractivity contribution in [2.24, 2.45) is 0 Å². The fourth-order valence-corrected chi connectivity index (χ4v) is 2.72. The molecular formula is C20H24O6. The summed E-state index contributed by atoms with van der Waals surface area (Å²) in [6, 6.07) is 3.57. The Hall–Kier alpha value is -2.63. The Bertz CT molecular complexity index is 893. The number of benzene rings is 1. The van der Waals surface area contributed by atoms with Gasteiger partial charge in [-0.05, 0) is 58.7 Å². The number of carbonyl (C=O) groups excluding carboxylic acids is 2. The molecule has 1 aromatic heterocycles. The molecule has 0 bridgehead atoms. The number of hydrogen-bond acceptors (Lipinski definition) is 6. The molecule has 140 valence electrons. The lowest BCUT2D eigenvalue weighted by Gasteiger charge is -2.16. The highest BCUT2D eigenvalue weighted by Gasteiger charge is 2.18. The molecule has 1 aromatic carbocycles. The molecule has 6 nitrogen and oxygen atoms in total. The minimum atomic E-state index is -0.581. The van der Waals surface area contributed by atoms with Gasteiger partial charge in [0.1, 0.15) is 11.3 Å². The molecule has 2 aromatic rings. The van der Waals surface area contributed by atoms with E-state index in [1.54, 1.807) is 32.9 Å². The first kappa shape index (κ1) is 19.7. The molecule has 26 heavy (non-hydrogen) atoms. The van der Waals surface area contributed by atoms with Gasteiger partial charge < -0.3 is 13.9 Å². The van der Waals surface area contributed by atoms with E-state index in [0.717, 1.165) is 10.9 Å². The summed E-state index contributed by atoms with van der Waals surface area (Å²) in [5.41, 5.74) is 1.86. The van der Waals surface area contributed by atoms with Crippen LogP contribution in [0.5, 0.6) is 5.75 Å². The quantitative estimate of drug-likeness (QED) is 0.557. The summed E-state index contributed by atoms with van der Waals surface area (Å²) in [5, 5.41) is 0.781. The van der Waals surface area contributed by atoms with Gasteiger partial charge in [-0.15, -0.1) is 0 Å². The molecule has 0 aliphatic carbocycles. The second kappa shape index (κ2) is 8.17. The molecule has 6 heteroatoms. The van der Waals surface area contributed by atoms with Crippen LogP contribution in [-0.4, -0.2) is 24.5 Å². The van der Waals surface area contributed by atoms with Crippen molar-refractivity contribution in [2.75, 3.05) is 6.61 Å². The Labute approximate surface area is 152 Å². The van der Waals surface area contributed by atoms with Crippen molar-refractivity contribution in [1.29, 1.82) is 0 Å². The van der Waals surface area contributed by atoms with Crippen LogP contribution in [0.3, 0.4) is 0 Å². The van der Waals surface area contributed by atoms with Crippen molar-refractivity contribution in [3.8, 4) is 5.75 Å². The molecular weight excluding hydrogens is 336 g/mol. The third-order valence-corrected chi connectivity index (χ3v) is 4.41. The zero-order chi connectivity index (χ0) is 19.4. The predicted molar refractivity (Wildman–Crippen MR) is 97.7 cm³/mol. The van der Waals surface area contributed by atoms with E-state index in [2.05, 4.69) is 0 Å². The lowest BCUT2D eigenvalue weighted by Crippen LogP contribution is -2.21. The zero-order valence-electron chi connectivity index (χ0n) is 15.8. The maximum atomic E-state index is 12.4. The fourth-order valence-electron chi connectivity index (χ4n) is 2.72. The van der Waals surface area contributed by atoms with Crippen LogP contribution in [0.2, 0.25) is 0 Å². The Morgan fingerprint density at radius 2 is 1.88 bits per heavy atom. The first-order valence-electron chi connectivity index (χ1n) is 8.64. The molecule has 0 amide bonds. The summed E-state index contributed by atoms with van der Waals surface area (Å²) in [4.78, 5) is 35.4. The summed E-state index contributed by atoms with van der Waals surface area (Å²) >= 11 is 0. The highest BCUT2D eigenvalue weighted by atomic mass is 16.5. The molecule has 2 rings (SSSR count). The molecule has 0 radical (unpaired) electrons. The van der Waals surface area contributed by atoms with Crippen LogP contribution in [0.4, 0.5) is 0 Å². The summed E-state index contributed by atoms with van der Waals surface area (Å²) < 4.78 is 16.1. The van der Waals surface area contributed by atoms with Crippen LogP contribution in [0.15, 0.2) is 21.3 Å². The molecule has 1 atom stereocenters. The normalized spacial score (nSPS) is 12.0. The lowest BCUT2D eigenvalue weighted by molar-refractivity contribution is -0.143. The van der Waals surface area contributed by atoms with Crippen LogP contribution >= 0.6 is 0 Å². The van der Waals surface area contributed by atoms with Crippen LogP contribution in [0.1, 0.15) is 43.9 Å². The van der Waals surface area contributed by atoms with E-state index >= 15 is 0 Å². The third kappa shape index (κ3) is 4.12. The van der Waals surface area contributed by atoms with Gasteiger partial charge in [0.25, 0.3) is 0 Å². The first-order valence-corrected chi connectivity index (χ1v) is 8.64. The number of hydrogen-bond donors (Lipinski definition) is 0. The number of esters is 1. The topological polar surface area (TPSA) is 82.8 Å². The van der Waals surface area contributed by atoms with E-state index in [4.69, 9.17) is 13.9 Å². The summed E-state index contributed by atoms with van der Waals surface area (Å²) in [5.74, 6) is 0.0722. The second-order valence-electron chi connectivity index (χ2n) is 6.23. The average Bonchev–Trinajstić information content (AvgIpc) is 2.57. The molecule has 0 fully saturated rings. The SMILES string of the molecule is CCOC(=O)CCc1c(C)c2ccc(OC(C)C(C)=O)c(C)c2oc1=O. The number of Topliss-reactive ketones (excluding diaryl/α,β-unsaturated/α-hetero) is 1. The van der Waals surface area contributed by atoms with Crippen molar-refractivity contribution in [1.82, 2.24) is 0 Å². The van der Waals surface area contributed by atoms with Gasteiger partial charge in [-0.25, -0.2) is 4.79 Å². The van der Waals surface area contributed by atoms with E-state index in [-0.39, 0.29) is 24.6 Å². The largest absolute Gasteiger partial charge is 0.483 e. The van der Waals surface area contributed by atoms with Gasteiger partial charge in [0.15, 0.2) is 11.9 Å². The summed E-state index contributed by atoms with van der Waals surface area (Å²) in [7, 11) is 0. The molecule has 1 heterocycles. The molecule has 0 saturated heterocycles. The van der Waals surface area contributed by atoms with Gasteiger partial charge in [0.2, 0.25) is 0 Å². The molecule has 0 spiro atoms. The average molecular weight is 360 g/mol. The molecule has 0 saturated carbocycles. The molecule has 0 aliphatic heterocycles. The predicted octanol–water partition coefficient (Wildman–Crippen LogP) is 3.26. The fraction of sp³-hybridized carbons (Fsp3) is 0.450. The maximum absolute atomic E-state index is 12.4. The van der Waals surface area contributed by atoms with Gasteiger partial charge in [0.05, 0.1) is 6.61 Å². The van der Waals surface area contributed by atoms with Crippen LogP contribution in [0, 0.1) is 13.8 Å². The molecule has 0 aliphatic rings. The van der Waals surface area contributed by atoms with Crippen LogP contribution in [-0.2, 0) is 20.7 Å². The minimum absolute atomic E-state index is 0.0866. The van der Waals surface area contributed by atoms with Crippen molar-refractivity contribution in [2.45, 2.75) is 53.6 Å². The van der Waals surface area contributed by atoms with E-state index in [1.165, 1.54) is 6.92 Å². The number of carbonyl (C=O) groups is 2. The minimum Gasteiger partial charge on any atom is -0.483 e. The van der Waals surface area contributed by atoms with E-state index in [0.29, 0.717) is 29.1 Å². The number of fused-ring (bicyclic) bond motifs is 1. The monoisotopic (exact) mass is 360 g/mol. The van der Waals surface area contributed by atoms with E-state index < -0.39 is 11.7 Å². The number of rotatable bonds is 7. The van der Waals surface area contributed by atoms with Crippen molar-refractivity contribution < 1.29 is 23.5 Å². The Morgan fingerprint density at radius 1 is 1.19 bits per heavy atom. The molecule has 0 N–H and O–H groups in total. The maximum Gasteiger partial charge on any atom is 0.339 e. The van der Waals surface area contributed by atoms with Crippen molar-refractivity contribution in [3.63, 3.8) is 0 Å². The van der Waals surface area contributed by atoms with Gasteiger partial charge in [-0.1, -0.05) is 0 Å². The standard InChI is InChI=1S/C20H24O6/c1-6-24-18(22)10-8-16-11(2)15-7-9-17(25-14(5)13(4)21)12(3)19(15)26-20(16)23/h7,9,14H,6,8,10H2,1-5H3. The van der Waals surface area contributed by atoms with E-state index in [1.807, 2.05) is 6.92 Å². The van der Waals surface area contributed by atoms with E-state index in [9.17, 15) is 14.4 Å². The summed E-state index contributed by atoms with van der Waals surface area (Å²) in [6.45, 7) is 8.80. The van der Waals surface area contributed by atoms with Gasteiger partial charge in [0, 0.05) is 22.9 Å². The first-order chi connectivity index (χ1) is 12.3. The number of ketones is 1. The third-order valence-electron chi connectivity index (χ3n) is 4.41. The smallest absolute Gasteiger partial charge is 0.339 e.